The van der Waals surface area contributed by atoms with Crippen LogP contribution in [0.4, 0.5) is 0 Å². The van der Waals surface area contributed by atoms with Gasteiger partial charge in [0.25, 0.3) is 0 Å². The molecule has 1 aliphatic heterocycles. The minimum atomic E-state index is -0.795. The third-order valence-electron chi connectivity index (χ3n) is 4.90. The number of ketones is 1. The van der Waals surface area contributed by atoms with E-state index in [0.29, 0.717) is 17.7 Å². The van der Waals surface area contributed by atoms with Gasteiger partial charge in [-0.2, -0.15) is 0 Å². The van der Waals surface area contributed by atoms with Crippen LogP contribution in [0.2, 0.25) is 0 Å². The average Bonchev–Trinajstić information content (AvgIpc) is 2.53. The van der Waals surface area contributed by atoms with Crippen molar-refractivity contribution in [2.45, 2.75) is 32.6 Å². The number of allylic oxidation sites excluding steroid dienone is 2. The molecule has 0 saturated carbocycles. The summed E-state index contributed by atoms with van der Waals surface area (Å²) in [5.41, 5.74) is 3.23. The second-order valence-corrected chi connectivity index (χ2v) is 6.66. The minimum absolute atomic E-state index is 0.0863. The molecule has 0 aromatic heterocycles. The molecule has 0 bridgehead atoms. The van der Waals surface area contributed by atoms with Crippen LogP contribution in [0.3, 0.4) is 0 Å². The first-order valence-electron chi connectivity index (χ1n) is 8.14. The highest BCUT2D eigenvalue weighted by Gasteiger charge is 2.45. The number of benzene rings is 1. The largest absolute Gasteiger partial charge is 0.468 e. The molecule has 1 amide bonds. The molecule has 0 radical (unpaired) electrons. The minimum Gasteiger partial charge on any atom is -0.468 e. The van der Waals surface area contributed by atoms with E-state index >= 15 is 0 Å². The van der Waals surface area contributed by atoms with Gasteiger partial charge in [-0.25, -0.2) is 0 Å². The summed E-state index contributed by atoms with van der Waals surface area (Å²) < 4.78 is 4.82. The Morgan fingerprint density at radius 3 is 2.67 bits per heavy atom. The van der Waals surface area contributed by atoms with E-state index in [1.807, 2.05) is 38.1 Å². The molecule has 1 N–H and O–H groups in total. The van der Waals surface area contributed by atoms with Crippen LogP contribution < -0.4 is 5.32 Å². The van der Waals surface area contributed by atoms with E-state index in [4.69, 9.17) is 4.74 Å². The molecule has 1 aromatic rings. The van der Waals surface area contributed by atoms with Gasteiger partial charge in [0.2, 0.25) is 5.91 Å². The average molecular weight is 327 g/mol. The smallest absolute Gasteiger partial charge is 0.316 e. The molecule has 3 atom stereocenters. The number of Topliss-reactive ketones (excluding diaryl/α,β-unsaturated/α-hetero) is 1. The second kappa shape index (κ2) is 6.23. The fourth-order valence-corrected chi connectivity index (χ4v) is 3.77. The van der Waals surface area contributed by atoms with Crippen LogP contribution in [0.5, 0.6) is 0 Å². The van der Waals surface area contributed by atoms with Gasteiger partial charge in [0.15, 0.2) is 5.78 Å². The number of hydrogen-bond donors (Lipinski definition) is 1. The van der Waals surface area contributed by atoms with Crippen molar-refractivity contribution in [2.24, 2.45) is 11.8 Å². The monoisotopic (exact) mass is 327 g/mol. The summed E-state index contributed by atoms with van der Waals surface area (Å²) in [5.74, 6) is -2.10. The molecule has 24 heavy (non-hydrogen) atoms. The fraction of sp³-hybridized carbons (Fsp3) is 0.421. The van der Waals surface area contributed by atoms with Crippen molar-refractivity contribution in [3.63, 3.8) is 0 Å². The number of amides is 1. The maximum atomic E-state index is 13.0. The summed E-state index contributed by atoms with van der Waals surface area (Å²) in [5, 5.41) is 2.84. The van der Waals surface area contributed by atoms with Gasteiger partial charge in [0, 0.05) is 23.6 Å². The van der Waals surface area contributed by atoms with Gasteiger partial charge in [0.1, 0.15) is 5.92 Å². The number of methoxy groups -OCH3 is 1. The standard InChI is InChI=1S/C19H21NO4/c1-10-5-4-6-12(7-10)13-9-15(21)20-14-8-11(2)16(19(23)24-3)18(22)17(13)14/h4-7,11,13,16H,8-9H2,1-3H3,(H,20,21)/t11-,13-,16+/m1/s1. The first-order valence-corrected chi connectivity index (χ1v) is 8.14. The lowest BCUT2D eigenvalue weighted by atomic mass is 9.70. The zero-order valence-corrected chi connectivity index (χ0v) is 14.1. The number of ether oxygens (including phenoxy) is 1. The van der Waals surface area contributed by atoms with Gasteiger partial charge < -0.3 is 10.1 Å². The van der Waals surface area contributed by atoms with E-state index in [1.165, 1.54) is 7.11 Å². The van der Waals surface area contributed by atoms with Crippen LogP contribution in [0.15, 0.2) is 35.5 Å². The molecule has 1 aromatic carbocycles. The summed E-state index contributed by atoms with van der Waals surface area (Å²) in [4.78, 5) is 37.2. The summed E-state index contributed by atoms with van der Waals surface area (Å²) in [7, 11) is 1.30. The Morgan fingerprint density at radius 1 is 1.25 bits per heavy atom. The third kappa shape index (κ3) is 2.75. The van der Waals surface area contributed by atoms with Gasteiger partial charge in [-0.05, 0) is 24.8 Å². The second-order valence-electron chi connectivity index (χ2n) is 6.66. The maximum Gasteiger partial charge on any atom is 0.316 e. The molecule has 0 saturated heterocycles. The lowest BCUT2D eigenvalue weighted by molar-refractivity contribution is -0.151. The Labute approximate surface area is 141 Å². The van der Waals surface area contributed by atoms with E-state index in [-0.39, 0.29) is 29.9 Å². The molecule has 0 unspecified atom stereocenters. The van der Waals surface area contributed by atoms with Crippen LogP contribution in [0.25, 0.3) is 0 Å². The van der Waals surface area contributed by atoms with Gasteiger partial charge in [-0.1, -0.05) is 36.8 Å². The SMILES string of the molecule is COC(=O)[C@@H]1C(=O)C2=C(C[C@H]1C)NC(=O)C[C@@H]2c1cccc(C)c1. The van der Waals surface area contributed by atoms with E-state index in [2.05, 4.69) is 5.32 Å². The van der Waals surface area contributed by atoms with Crippen molar-refractivity contribution in [1.29, 1.82) is 0 Å². The number of rotatable bonds is 2. The molecule has 2 aliphatic rings. The number of nitrogens with one attached hydrogen (secondary N) is 1. The predicted octanol–water partition coefficient (Wildman–Crippen LogP) is 2.25. The van der Waals surface area contributed by atoms with Crippen LogP contribution in [0, 0.1) is 18.8 Å². The van der Waals surface area contributed by atoms with E-state index < -0.39 is 11.9 Å². The molecular formula is C19H21NO4. The van der Waals surface area contributed by atoms with Crippen LogP contribution >= 0.6 is 0 Å². The van der Waals surface area contributed by atoms with Gasteiger partial charge >= 0.3 is 5.97 Å². The topological polar surface area (TPSA) is 72.5 Å². The Hall–Kier alpha value is -2.43. The zero-order chi connectivity index (χ0) is 17.4. The highest BCUT2D eigenvalue weighted by Crippen LogP contribution is 2.42. The first kappa shape index (κ1) is 16.4. The number of esters is 1. The lowest BCUT2D eigenvalue weighted by Crippen LogP contribution is -2.44. The van der Waals surface area contributed by atoms with Gasteiger partial charge in [-0.3, -0.25) is 14.4 Å². The Balaban J connectivity index is 2.08. The van der Waals surface area contributed by atoms with Crippen molar-refractivity contribution in [2.75, 3.05) is 7.11 Å². The summed E-state index contributed by atoms with van der Waals surface area (Å²) in [6.45, 7) is 3.81. The normalized spacial score (nSPS) is 26.7. The quantitative estimate of drug-likeness (QED) is 0.668. The van der Waals surface area contributed by atoms with Crippen molar-refractivity contribution >= 4 is 17.7 Å². The van der Waals surface area contributed by atoms with Gasteiger partial charge in [-0.15, -0.1) is 0 Å². The van der Waals surface area contributed by atoms with E-state index in [0.717, 1.165) is 11.1 Å². The van der Waals surface area contributed by atoms with Crippen molar-refractivity contribution in [1.82, 2.24) is 5.32 Å². The molecule has 3 rings (SSSR count). The summed E-state index contributed by atoms with van der Waals surface area (Å²) in [6.07, 6.45) is 0.713. The fourth-order valence-electron chi connectivity index (χ4n) is 3.77. The van der Waals surface area contributed by atoms with E-state index in [9.17, 15) is 14.4 Å². The molecule has 5 heteroatoms. The predicted molar refractivity (Wildman–Crippen MR) is 88.0 cm³/mol. The molecule has 0 fully saturated rings. The third-order valence-corrected chi connectivity index (χ3v) is 4.90. The van der Waals surface area contributed by atoms with Gasteiger partial charge in [0.05, 0.1) is 7.11 Å². The van der Waals surface area contributed by atoms with Crippen molar-refractivity contribution < 1.29 is 19.1 Å². The highest BCUT2D eigenvalue weighted by atomic mass is 16.5. The lowest BCUT2D eigenvalue weighted by Gasteiger charge is -2.36. The molecule has 5 nitrogen and oxygen atoms in total. The Morgan fingerprint density at radius 2 is 2.00 bits per heavy atom. The first-order chi connectivity index (χ1) is 11.4. The maximum absolute atomic E-state index is 13.0. The number of hydrogen-bond acceptors (Lipinski definition) is 4. The number of carbonyl (C=O) groups excluding carboxylic acids is 3. The van der Waals surface area contributed by atoms with Crippen LogP contribution in [-0.4, -0.2) is 24.8 Å². The van der Waals surface area contributed by atoms with Crippen molar-refractivity contribution in [3.8, 4) is 0 Å². The number of aryl methyl sites for hydroxylation is 1. The van der Waals surface area contributed by atoms with Crippen LogP contribution in [0.1, 0.15) is 36.8 Å². The van der Waals surface area contributed by atoms with Crippen molar-refractivity contribution in [3.05, 3.63) is 46.7 Å². The summed E-state index contributed by atoms with van der Waals surface area (Å²) >= 11 is 0. The summed E-state index contributed by atoms with van der Waals surface area (Å²) in [6, 6.07) is 7.82. The Kier molecular flexibility index (Phi) is 4.26. The molecule has 1 heterocycles. The molecular weight excluding hydrogens is 306 g/mol. The zero-order valence-electron chi connectivity index (χ0n) is 14.1. The molecule has 0 spiro atoms. The number of carbonyl (C=O) groups is 3. The Bertz CT molecular complexity index is 749. The molecule has 126 valence electrons. The van der Waals surface area contributed by atoms with E-state index in [1.54, 1.807) is 0 Å². The van der Waals surface area contributed by atoms with Crippen LogP contribution in [-0.2, 0) is 19.1 Å². The highest BCUT2D eigenvalue weighted by molar-refractivity contribution is 6.11. The molecule has 1 aliphatic carbocycles.